The maximum absolute atomic E-state index is 11.6. The van der Waals surface area contributed by atoms with Crippen molar-refractivity contribution in [2.75, 3.05) is 0 Å². The summed E-state index contributed by atoms with van der Waals surface area (Å²) in [4.78, 5) is 11.6. The van der Waals surface area contributed by atoms with E-state index in [0.717, 1.165) is 12.8 Å². The maximum Gasteiger partial charge on any atom is 0.140 e. The molecule has 2 atom stereocenters. The van der Waals surface area contributed by atoms with Crippen molar-refractivity contribution in [3.05, 3.63) is 0 Å². The van der Waals surface area contributed by atoms with Gasteiger partial charge in [0, 0.05) is 11.8 Å². The molecule has 0 aromatic carbocycles. The van der Waals surface area contributed by atoms with E-state index < -0.39 is 0 Å². The van der Waals surface area contributed by atoms with Crippen molar-refractivity contribution in [1.82, 2.24) is 0 Å². The van der Waals surface area contributed by atoms with Crippen LogP contribution in [0.2, 0.25) is 0 Å². The van der Waals surface area contributed by atoms with E-state index in [1.807, 2.05) is 20.8 Å². The van der Waals surface area contributed by atoms with Gasteiger partial charge >= 0.3 is 0 Å². The molecule has 0 aliphatic carbocycles. The van der Waals surface area contributed by atoms with Crippen LogP contribution in [0.3, 0.4) is 0 Å². The van der Waals surface area contributed by atoms with Crippen LogP contribution < -0.4 is 0 Å². The molecule has 1 saturated heterocycles. The predicted octanol–water partition coefficient (Wildman–Crippen LogP) is 2.56. The SMILES string of the molecule is CC1CCC(CC(=O)C(C)(C)C)O1. The van der Waals surface area contributed by atoms with Crippen LogP contribution in [0.4, 0.5) is 0 Å². The first kappa shape index (κ1) is 10.7. The molecule has 0 N–H and O–H groups in total. The van der Waals surface area contributed by atoms with Crippen LogP contribution in [0.5, 0.6) is 0 Å². The van der Waals surface area contributed by atoms with Gasteiger partial charge in [0.05, 0.1) is 12.2 Å². The van der Waals surface area contributed by atoms with E-state index >= 15 is 0 Å². The molecule has 76 valence electrons. The summed E-state index contributed by atoms with van der Waals surface area (Å²) in [6.45, 7) is 7.97. The van der Waals surface area contributed by atoms with Crippen LogP contribution in [0, 0.1) is 5.41 Å². The van der Waals surface area contributed by atoms with Crippen molar-refractivity contribution in [2.45, 2.75) is 59.2 Å². The number of Topliss-reactive ketones (excluding diaryl/α,β-unsaturated/α-hetero) is 1. The highest BCUT2D eigenvalue weighted by molar-refractivity contribution is 5.84. The van der Waals surface area contributed by atoms with Gasteiger partial charge in [-0.25, -0.2) is 0 Å². The van der Waals surface area contributed by atoms with E-state index in [9.17, 15) is 4.79 Å². The van der Waals surface area contributed by atoms with Crippen LogP contribution in [0.15, 0.2) is 0 Å². The summed E-state index contributed by atoms with van der Waals surface area (Å²) >= 11 is 0. The number of hydrogen-bond donors (Lipinski definition) is 0. The Balaban J connectivity index is 2.37. The Morgan fingerprint density at radius 3 is 2.38 bits per heavy atom. The molecular weight excluding hydrogens is 164 g/mol. The zero-order valence-corrected chi connectivity index (χ0v) is 9.09. The van der Waals surface area contributed by atoms with E-state index in [1.165, 1.54) is 0 Å². The zero-order valence-electron chi connectivity index (χ0n) is 9.09. The van der Waals surface area contributed by atoms with E-state index in [1.54, 1.807) is 0 Å². The molecule has 0 saturated carbocycles. The fourth-order valence-electron chi connectivity index (χ4n) is 1.55. The lowest BCUT2D eigenvalue weighted by Gasteiger charge is -2.19. The Hall–Kier alpha value is -0.370. The zero-order chi connectivity index (χ0) is 10.1. The first-order chi connectivity index (χ1) is 5.89. The third-order valence-corrected chi connectivity index (χ3v) is 2.57. The van der Waals surface area contributed by atoms with Crippen LogP contribution in [0.25, 0.3) is 0 Å². The van der Waals surface area contributed by atoms with Gasteiger partial charge in [0.1, 0.15) is 5.78 Å². The van der Waals surface area contributed by atoms with Crippen molar-refractivity contribution in [1.29, 1.82) is 0 Å². The lowest BCUT2D eigenvalue weighted by atomic mass is 9.87. The minimum absolute atomic E-state index is 0.182. The standard InChI is InChI=1S/C11H20O2/c1-8-5-6-9(13-8)7-10(12)11(2,3)4/h8-9H,5-7H2,1-4H3. The highest BCUT2D eigenvalue weighted by Gasteiger charge is 2.28. The number of hydrogen-bond acceptors (Lipinski definition) is 2. The summed E-state index contributed by atoms with van der Waals surface area (Å²) in [7, 11) is 0. The first-order valence-corrected chi connectivity index (χ1v) is 5.08. The van der Waals surface area contributed by atoms with E-state index in [0.29, 0.717) is 18.3 Å². The maximum atomic E-state index is 11.6. The predicted molar refractivity (Wildman–Crippen MR) is 52.6 cm³/mol. The van der Waals surface area contributed by atoms with Crippen molar-refractivity contribution in [3.63, 3.8) is 0 Å². The van der Waals surface area contributed by atoms with Crippen molar-refractivity contribution < 1.29 is 9.53 Å². The smallest absolute Gasteiger partial charge is 0.140 e. The molecule has 2 heteroatoms. The molecule has 0 radical (unpaired) electrons. The van der Waals surface area contributed by atoms with Gasteiger partial charge in [0.2, 0.25) is 0 Å². The average molecular weight is 184 g/mol. The Labute approximate surface area is 80.7 Å². The molecule has 1 fully saturated rings. The minimum Gasteiger partial charge on any atom is -0.375 e. The van der Waals surface area contributed by atoms with Gasteiger partial charge in [-0.3, -0.25) is 4.79 Å². The highest BCUT2D eigenvalue weighted by Crippen LogP contribution is 2.25. The molecular formula is C11H20O2. The summed E-state index contributed by atoms with van der Waals surface area (Å²) in [6, 6.07) is 0. The Morgan fingerprint density at radius 1 is 1.38 bits per heavy atom. The molecule has 0 spiro atoms. The minimum atomic E-state index is -0.213. The Bertz CT molecular complexity index is 191. The van der Waals surface area contributed by atoms with Gasteiger partial charge in [-0.2, -0.15) is 0 Å². The second-order valence-electron chi connectivity index (χ2n) is 5.02. The lowest BCUT2D eigenvalue weighted by Crippen LogP contribution is -2.25. The van der Waals surface area contributed by atoms with Crippen molar-refractivity contribution in [3.8, 4) is 0 Å². The van der Waals surface area contributed by atoms with E-state index in [-0.39, 0.29) is 11.5 Å². The molecule has 13 heavy (non-hydrogen) atoms. The lowest BCUT2D eigenvalue weighted by molar-refractivity contribution is -0.128. The van der Waals surface area contributed by atoms with Gasteiger partial charge in [-0.1, -0.05) is 20.8 Å². The third kappa shape index (κ3) is 3.11. The normalized spacial score (nSPS) is 29.2. The number of rotatable bonds is 2. The van der Waals surface area contributed by atoms with Crippen LogP contribution in [-0.4, -0.2) is 18.0 Å². The summed E-state index contributed by atoms with van der Waals surface area (Å²) in [5.74, 6) is 0.312. The van der Waals surface area contributed by atoms with Gasteiger partial charge in [0.25, 0.3) is 0 Å². The molecule has 0 aromatic heterocycles. The fraction of sp³-hybridized carbons (Fsp3) is 0.909. The molecule has 2 unspecified atom stereocenters. The monoisotopic (exact) mass is 184 g/mol. The van der Waals surface area contributed by atoms with Gasteiger partial charge in [0.15, 0.2) is 0 Å². The average Bonchev–Trinajstić information content (AvgIpc) is 2.33. The number of ether oxygens (including phenoxy) is 1. The Kier molecular flexibility index (Phi) is 3.12. The topological polar surface area (TPSA) is 26.3 Å². The van der Waals surface area contributed by atoms with Crippen LogP contribution >= 0.6 is 0 Å². The quantitative estimate of drug-likeness (QED) is 0.659. The third-order valence-electron chi connectivity index (χ3n) is 2.57. The highest BCUT2D eigenvalue weighted by atomic mass is 16.5. The molecule has 0 amide bonds. The van der Waals surface area contributed by atoms with Crippen LogP contribution in [-0.2, 0) is 9.53 Å². The summed E-state index contributed by atoms with van der Waals surface area (Å²) in [5, 5.41) is 0. The van der Waals surface area contributed by atoms with Crippen molar-refractivity contribution in [2.24, 2.45) is 5.41 Å². The Morgan fingerprint density at radius 2 is 2.00 bits per heavy atom. The summed E-state index contributed by atoms with van der Waals surface area (Å²) in [6.07, 6.45) is 3.26. The van der Waals surface area contributed by atoms with E-state index in [4.69, 9.17) is 4.74 Å². The first-order valence-electron chi connectivity index (χ1n) is 5.08. The number of carbonyl (C=O) groups excluding carboxylic acids is 1. The molecule has 1 aliphatic rings. The fourth-order valence-corrected chi connectivity index (χ4v) is 1.55. The van der Waals surface area contributed by atoms with E-state index in [2.05, 4.69) is 6.92 Å². The number of carbonyl (C=O) groups is 1. The van der Waals surface area contributed by atoms with Crippen molar-refractivity contribution >= 4 is 5.78 Å². The van der Waals surface area contributed by atoms with Gasteiger partial charge < -0.3 is 4.74 Å². The molecule has 2 nitrogen and oxygen atoms in total. The largest absolute Gasteiger partial charge is 0.375 e. The van der Waals surface area contributed by atoms with Gasteiger partial charge in [-0.15, -0.1) is 0 Å². The molecule has 1 aliphatic heterocycles. The molecule has 0 aromatic rings. The van der Waals surface area contributed by atoms with Crippen LogP contribution in [0.1, 0.15) is 47.0 Å². The molecule has 0 bridgehead atoms. The summed E-state index contributed by atoms with van der Waals surface area (Å²) in [5.41, 5.74) is -0.213. The second-order valence-corrected chi connectivity index (χ2v) is 5.02. The second kappa shape index (κ2) is 3.79. The van der Waals surface area contributed by atoms with Gasteiger partial charge in [-0.05, 0) is 19.8 Å². The molecule has 1 heterocycles. The molecule has 1 rings (SSSR count). The summed E-state index contributed by atoms with van der Waals surface area (Å²) < 4.78 is 5.61. The number of ketones is 1.